The van der Waals surface area contributed by atoms with Crippen LogP contribution in [0.15, 0.2) is 0 Å². The molecule has 0 radical (unpaired) electrons. The van der Waals surface area contributed by atoms with Crippen LogP contribution in [-0.4, -0.2) is 56.3 Å². The summed E-state index contributed by atoms with van der Waals surface area (Å²) in [7, 11) is 3.99. The highest BCUT2D eigenvalue weighted by Crippen LogP contribution is 2.06. The van der Waals surface area contributed by atoms with Crippen LogP contribution in [0.1, 0.15) is 0 Å². The van der Waals surface area contributed by atoms with Gasteiger partial charge in [0.15, 0.2) is 0 Å². The highest BCUT2D eigenvalue weighted by molar-refractivity contribution is 4.74. The maximum Gasteiger partial charge on any atom is 0.0645 e. The second kappa shape index (κ2) is 4.01. The van der Waals surface area contributed by atoms with Crippen LogP contribution in [0.2, 0.25) is 0 Å². The van der Waals surface area contributed by atoms with Gasteiger partial charge in [0.25, 0.3) is 0 Å². The zero-order chi connectivity index (χ0) is 8.27. The Labute approximate surface area is 67.9 Å². The van der Waals surface area contributed by atoms with Crippen LogP contribution in [-0.2, 0) is 4.74 Å². The summed E-state index contributed by atoms with van der Waals surface area (Å²) >= 11 is 0. The predicted octanol–water partition coefficient (Wildman–Crippen LogP) is -0.877. The lowest BCUT2D eigenvalue weighted by Gasteiger charge is -2.34. The Kier molecular flexibility index (Phi) is 3.26. The Morgan fingerprint density at radius 2 is 2.00 bits per heavy atom. The molecule has 1 aliphatic heterocycles. The molecule has 1 rings (SSSR count). The van der Waals surface area contributed by atoms with E-state index in [1.807, 2.05) is 7.05 Å². The van der Waals surface area contributed by atoms with Gasteiger partial charge in [-0.05, 0) is 7.05 Å². The number of ether oxygens (including phenoxy) is 1. The van der Waals surface area contributed by atoms with Crippen LogP contribution in [0.5, 0.6) is 0 Å². The van der Waals surface area contributed by atoms with E-state index >= 15 is 0 Å². The van der Waals surface area contributed by atoms with Gasteiger partial charge in [-0.15, -0.1) is 0 Å². The Morgan fingerprint density at radius 1 is 1.36 bits per heavy atom. The predicted molar refractivity (Wildman–Crippen MR) is 44.1 cm³/mol. The van der Waals surface area contributed by atoms with Crippen LogP contribution in [0.4, 0.5) is 0 Å². The molecule has 11 heavy (non-hydrogen) atoms. The average Bonchev–Trinajstić information content (AvgIpc) is 1.79. The molecule has 0 spiro atoms. The molecule has 1 saturated heterocycles. The van der Waals surface area contributed by atoms with Crippen LogP contribution in [0.3, 0.4) is 0 Å². The van der Waals surface area contributed by atoms with Crippen LogP contribution in [0, 0.1) is 0 Å². The van der Waals surface area contributed by atoms with Crippen molar-refractivity contribution in [1.82, 2.24) is 9.91 Å². The first kappa shape index (κ1) is 8.93. The molecule has 1 heterocycles. The quantitative estimate of drug-likeness (QED) is 0.427. The summed E-state index contributed by atoms with van der Waals surface area (Å²) in [5, 5.41) is 1.70. The van der Waals surface area contributed by atoms with E-state index in [-0.39, 0.29) is 0 Å². The van der Waals surface area contributed by atoms with E-state index in [1.54, 1.807) is 5.01 Å². The minimum atomic E-state index is 0.620. The van der Waals surface area contributed by atoms with Crippen molar-refractivity contribution in [2.24, 2.45) is 5.84 Å². The number of rotatable bonds is 4. The molecule has 2 N–H and O–H groups in total. The molecule has 66 valence electrons. The van der Waals surface area contributed by atoms with Crippen molar-refractivity contribution in [3.05, 3.63) is 0 Å². The second-order valence-corrected chi connectivity index (χ2v) is 3.15. The molecule has 0 saturated carbocycles. The second-order valence-electron chi connectivity index (χ2n) is 3.15. The van der Waals surface area contributed by atoms with E-state index in [4.69, 9.17) is 10.6 Å². The number of hydrazine groups is 1. The summed E-state index contributed by atoms with van der Waals surface area (Å²) in [6.45, 7) is 3.68. The van der Waals surface area contributed by atoms with Crippen molar-refractivity contribution in [2.75, 3.05) is 40.4 Å². The molecule has 0 bridgehead atoms. The Hall–Kier alpha value is -0.160. The lowest BCUT2D eigenvalue weighted by Crippen LogP contribution is -2.49. The standard InChI is InChI=1S/C7H17N3O/c1-9(3-4-10(2)8)7-5-11-6-7/h7H,3-6,8H2,1-2H3. The van der Waals surface area contributed by atoms with Gasteiger partial charge in [-0.2, -0.15) is 0 Å². The van der Waals surface area contributed by atoms with Gasteiger partial charge in [0.2, 0.25) is 0 Å². The molecule has 4 heteroatoms. The molecular weight excluding hydrogens is 142 g/mol. The van der Waals surface area contributed by atoms with Crippen molar-refractivity contribution in [3.8, 4) is 0 Å². The largest absolute Gasteiger partial charge is 0.378 e. The highest BCUT2D eigenvalue weighted by atomic mass is 16.5. The summed E-state index contributed by atoms with van der Waals surface area (Å²) in [5.41, 5.74) is 0. The zero-order valence-electron chi connectivity index (χ0n) is 7.29. The van der Waals surface area contributed by atoms with Gasteiger partial charge < -0.3 is 4.74 Å². The first-order valence-corrected chi connectivity index (χ1v) is 3.94. The summed E-state index contributed by atoms with van der Waals surface area (Å²) in [6.07, 6.45) is 0. The molecule has 0 unspecified atom stereocenters. The normalized spacial score (nSPS) is 19.4. The Balaban J connectivity index is 2.05. The minimum absolute atomic E-state index is 0.620. The van der Waals surface area contributed by atoms with Gasteiger partial charge in [-0.3, -0.25) is 10.7 Å². The van der Waals surface area contributed by atoms with Crippen LogP contribution >= 0.6 is 0 Å². The van der Waals surface area contributed by atoms with Gasteiger partial charge in [0, 0.05) is 20.1 Å². The van der Waals surface area contributed by atoms with Crippen molar-refractivity contribution in [3.63, 3.8) is 0 Å². The van der Waals surface area contributed by atoms with E-state index in [0.29, 0.717) is 6.04 Å². The number of hydrogen-bond acceptors (Lipinski definition) is 4. The maximum absolute atomic E-state index is 5.48. The third kappa shape index (κ3) is 2.75. The molecule has 0 aromatic carbocycles. The fourth-order valence-electron chi connectivity index (χ4n) is 0.976. The van der Waals surface area contributed by atoms with Gasteiger partial charge in [-0.25, -0.2) is 5.01 Å². The van der Waals surface area contributed by atoms with Gasteiger partial charge in [-0.1, -0.05) is 0 Å². The average molecular weight is 159 g/mol. The van der Waals surface area contributed by atoms with Crippen LogP contribution in [0.25, 0.3) is 0 Å². The third-order valence-electron chi connectivity index (χ3n) is 2.05. The monoisotopic (exact) mass is 159 g/mol. The van der Waals surface area contributed by atoms with Crippen molar-refractivity contribution >= 4 is 0 Å². The third-order valence-corrected chi connectivity index (χ3v) is 2.05. The fourth-order valence-corrected chi connectivity index (χ4v) is 0.976. The molecule has 0 aromatic rings. The highest BCUT2D eigenvalue weighted by Gasteiger charge is 2.22. The fraction of sp³-hybridized carbons (Fsp3) is 1.00. The molecular formula is C7H17N3O. The van der Waals surface area contributed by atoms with Crippen LogP contribution < -0.4 is 5.84 Å². The maximum atomic E-state index is 5.48. The van der Waals surface area contributed by atoms with E-state index < -0.39 is 0 Å². The SMILES string of the molecule is CN(N)CCN(C)C1COC1. The van der Waals surface area contributed by atoms with Crippen molar-refractivity contribution in [2.45, 2.75) is 6.04 Å². The van der Waals surface area contributed by atoms with Gasteiger partial charge >= 0.3 is 0 Å². The zero-order valence-corrected chi connectivity index (χ0v) is 7.29. The first-order valence-electron chi connectivity index (χ1n) is 3.94. The number of hydrogen-bond donors (Lipinski definition) is 1. The smallest absolute Gasteiger partial charge is 0.0645 e. The first-order chi connectivity index (χ1) is 5.20. The van der Waals surface area contributed by atoms with E-state index in [0.717, 1.165) is 26.3 Å². The van der Waals surface area contributed by atoms with E-state index in [1.165, 1.54) is 0 Å². The van der Waals surface area contributed by atoms with Gasteiger partial charge in [0.1, 0.15) is 0 Å². The molecule has 0 atom stereocenters. The Bertz CT molecular complexity index is 114. The van der Waals surface area contributed by atoms with Crippen molar-refractivity contribution < 1.29 is 4.74 Å². The Morgan fingerprint density at radius 3 is 2.36 bits per heavy atom. The molecule has 0 aromatic heterocycles. The lowest BCUT2D eigenvalue weighted by atomic mass is 10.2. The molecule has 1 fully saturated rings. The molecule has 4 nitrogen and oxygen atoms in total. The minimum Gasteiger partial charge on any atom is -0.378 e. The summed E-state index contributed by atoms with van der Waals surface area (Å²) in [4.78, 5) is 2.28. The topological polar surface area (TPSA) is 41.7 Å². The summed E-state index contributed by atoms with van der Waals surface area (Å²) in [5.74, 6) is 5.48. The van der Waals surface area contributed by atoms with E-state index in [9.17, 15) is 0 Å². The van der Waals surface area contributed by atoms with Crippen molar-refractivity contribution in [1.29, 1.82) is 0 Å². The number of nitrogens with zero attached hydrogens (tertiary/aromatic N) is 2. The van der Waals surface area contributed by atoms with Gasteiger partial charge in [0.05, 0.1) is 19.3 Å². The summed E-state index contributed by atoms with van der Waals surface area (Å²) < 4.78 is 5.08. The number of nitrogens with two attached hydrogens (primary N) is 1. The molecule has 1 aliphatic rings. The van der Waals surface area contributed by atoms with E-state index in [2.05, 4.69) is 11.9 Å². The summed E-state index contributed by atoms with van der Waals surface area (Å²) in [6, 6.07) is 0.620. The number of likely N-dealkylation sites (N-methyl/N-ethyl adjacent to an activating group) is 2. The lowest BCUT2D eigenvalue weighted by molar-refractivity contribution is -0.0572. The molecule has 0 amide bonds. The molecule has 0 aliphatic carbocycles.